The fraction of sp³-hybridized carbons (Fsp3) is 0.238. The summed E-state index contributed by atoms with van der Waals surface area (Å²) in [5, 5.41) is 2.96. The van der Waals surface area contributed by atoms with E-state index in [1.165, 1.54) is 19.2 Å². The van der Waals surface area contributed by atoms with Gasteiger partial charge in [0.15, 0.2) is 0 Å². The lowest BCUT2D eigenvalue weighted by atomic mass is 9.88. The van der Waals surface area contributed by atoms with Crippen LogP contribution in [0.5, 0.6) is 5.88 Å². The largest absolute Gasteiger partial charge is 0.481 e. The van der Waals surface area contributed by atoms with Crippen LogP contribution in [0.25, 0.3) is 11.3 Å². The van der Waals surface area contributed by atoms with Gasteiger partial charge in [-0.15, -0.1) is 0 Å². The van der Waals surface area contributed by atoms with Crippen LogP contribution in [0.15, 0.2) is 57.7 Å². The molecule has 1 fully saturated rings. The summed E-state index contributed by atoms with van der Waals surface area (Å²) in [6.07, 6.45) is 0.383. The summed E-state index contributed by atoms with van der Waals surface area (Å²) in [7, 11) is 1.51. The molecule has 0 radical (unpaired) electrons. The minimum atomic E-state index is -0.433. The molecule has 1 aliphatic heterocycles. The van der Waals surface area contributed by atoms with Gasteiger partial charge in [0.25, 0.3) is 5.91 Å². The second-order valence-electron chi connectivity index (χ2n) is 6.43. The van der Waals surface area contributed by atoms with Gasteiger partial charge in [0, 0.05) is 18.1 Å². The molecule has 1 aliphatic rings. The number of benzene rings is 1. The van der Waals surface area contributed by atoms with Gasteiger partial charge in [-0.3, -0.25) is 14.8 Å². The highest BCUT2D eigenvalue weighted by atomic mass is 19.1. The van der Waals surface area contributed by atoms with E-state index in [-0.39, 0.29) is 12.6 Å². The number of hydrogen-bond donors (Lipinski definition) is 2. The lowest BCUT2D eigenvalue weighted by molar-refractivity contribution is -0.118. The predicted molar refractivity (Wildman–Crippen MR) is 110 cm³/mol. The van der Waals surface area contributed by atoms with Crippen molar-refractivity contribution in [3.63, 3.8) is 0 Å². The predicted octanol–water partition coefficient (Wildman–Crippen LogP) is 2.79. The third kappa shape index (κ3) is 4.22. The molecule has 7 nitrogen and oxygen atoms in total. The highest BCUT2D eigenvalue weighted by Crippen LogP contribution is 2.34. The number of hydrogen-bond acceptors (Lipinski definition) is 6. The van der Waals surface area contributed by atoms with Gasteiger partial charge >= 0.3 is 0 Å². The number of aliphatic imine (C=N–C) groups is 2. The molecule has 0 saturated carbocycles. The molecule has 2 heterocycles. The van der Waals surface area contributed by atoms with E-state index in [9.17, 15) is 9.18 Å². The number of nitrogens with one attached hydrogen (secondary N) is 1. The molecule has 0 aliphatic carbocycles. The van der Waals surface area contributed by atoms with Crippen molar-refractivity contribution in [3.05, 3.63) is 59.0 Å². The monoisotopic (exact) mass is 395 g/mol. The maximum atomic E-state index is 14.1. The third-order valence-corrected chi connectivity index (χ3v) is 4.70. The Morgan fingerprint density at radius 2 is 2.21 bits per heavy atom. The molecular weight excluding hydrogens is 373 g/mol. The Hall–Kier alpha value is -3.39. The van der Waals surface area contributed by atoms with E-state index < -0.39 is 11.9 Å². The zero-order chi connectivity index (χ0) is 21.0. The first kappa shape index (κ1) is 20.3. The smallest absolute Gasteiger partial charge is 0.255 e. The van der Waals surface area contributed by atoms with E-state index in [0.717, 1.165) is 0 Å². The first-order valence-corrected chi connectivity index (χ1v) is 9.01. The highest BCUT2D eigenvalue weighted by Gasteiger charge is 2.32. The van der Waals surface area contributed by atoms with Gasteiger partial charge in [-0.1, -0.05) is 12.1 Å². The van der Waals surface area contributed by atoms with Crippen molar-refractivity contribution < 1.29 is 13.9 Å². The lowest BCUT2D eigenvalue weighted by Gasteiger charge is -2.29. The van der Waals surface area contributed by atoms with Crippen LogP contribution in [0, 0.1) is 5.82 Å². The zero-order valence-electron chi connectivity index (χ0n) is 16.3. The number of aromatic nitrogens is 1. The molecule has 3 rings (SSSR count). The summed E-state index contributed by atoms with van der Waals surface area (Å²) in [6.45, 7) is 5.22. The Balaban J connectivity index is 2.09. The fourth-order valence-corrected chi connectivity index (χ4v) is 3.33. The Labute approximate surface area is 168 Å². The molecule has 1 saturated heterocycles. The average molecular weight is 395 g/mol. The topological polar surface area (TPSA) is 102 Å². The number of nitrogens with two attached hydrogens (primary N) is 1. The molecule has 8 heteroatoms. The van der Waals surface area contributed by atoms with E-state index in [1.807, 2.05) is 0 Å². The number of ether oxygens (including phenoxy) is 1. The SMILES string of the molecule is C=N/C(C)=C1/C(=O)NC(c2ccc(F)cc2-c2cccc(OC)n2)CC1=NCN. The van der Waals surface area contributed by atoms with Gasteiger partial charge in [0.05, 0.1) is 42.5 Å². The van der Waals surface area contributed by atoms with Crippen LogP contribution in [0.3, 0.4) is 0 Å². The van der Waals surface area contributed by atoms with Gasteiger partial charge in [-0.25, -0.2) is 9.37 Å². The fourth-order valence-electron chi connectivity index (χ4n) is 3.33. The average Bonchev–Trinajstić information content (AvgIpc) is 2.73. The normalized spacial score (nSPS) is 19.7. The summed E-state index contributed by atoms with van der Waals surface area (Å²) in [6, 6.07) is 9.20. The van der Waals surface area contributed by atoms with Gasteiger partial charge in [-0.05, 0) is 37.4 Å². The Bertz CT molecular complexity index is 1020. The number of allylic oxidation sites excluding steroid dienone is 1. The summed E-state index contributed by atoms with van der Waals surface area (Å²) in [5.41, 5.74) is 8.80. The van der Waals surface area contributed by atoms with E-state index in [0.29, 0.717) is 46.1 Å². The second kappa shape index (κ2) is 8.74. The number of methoxy groups -OCH3 is 1. The summed E-state index contributed by atoms with van der Waals surface area (Å²) in [5.74, 6) is -0.320. The molecule has 1 amide bonds. The van der Waals surface area contributed by atoms with E-state index in [2.05, 4.69) is 27.0 Å². The number of piperidine rings is 1. The summed E-state index contributed by atoms with van der Waals surface area (Å²) in [4.78, 5) is 25.3. The van der Waals surface area contributed by atoms with E-state index in [4.69, 9.17) is 10.5 Å². The minimum absolute atomic E-state index is 0.0387. The number of halogens is 1. The van der Waals surface area contributed by atoms with Crippen molar-refractivity contribution in [2.75, 3.05) is 13.8 Å². The van der Waals surface area contributed by atoms with Crippen LogP contribution in [0.1, 0.15) is 24.9 Å². The standard InChI is InChI=1S/C21H22FN5O2/c1-12(24-2)20-18(25-11-23)10-17(27-21(20)28)14-8-7-13(22)9-15(14)16-5-4-6-19(26-16)29-3/h4-9,17H,2,10-11,23H2,1,3H3,(H,27,28)/b20-12+,25-18?. The van der Waals surface area contributed by atoms with Crippen LogP contribution in [-0.2, 0) is 4.79 Å². The second-order valence-corrected chi connectivity index (χ2v) is 6.43. The van der Waals surface area contributed by atoms with Crippen molar-refractivity contribution in [1.82, 2.24) is 10.3 Å². The first-order chi connectivity index (χ1) is 14.0. The zero-order valence-corrected chi connectivity index (χ0v) is 16.3. The maximum Gasteiger partial charge on any atom is 0.255 e. The number of carbonyl (C=O) groups is 1. The third-order valence-electron chi connectivity index (χ3n) is 4.70. The van der Waals surface area contributed by atoms with Crippen LogP contribution < -0.4 is 15.8 Å². The first-order valence-electron chi connectivity index (χ1n) is 9.01. The van der Waals surface area contributed by atoms with Crippen molar-refractivity contribution in [2.45, 2.75) is 19.4 Å². The molecule has 150 valence electrons. The molecular formula is C21H22FN5O2. The number of amides is 1. The van der Waals surface area contributed by atoms with Crippen molar-refractivity contribution in [1.29, 1.82) is 0 Å². The number of pyridine rings is 1. The Morgan fingerprint density at radius 1 is 1.41 bits per heavy atom. The molecule has 0 spiro atoms. The number of carbonyl (C=O) groups excluding carboxylic acids is 1. The molecule has 2 aromatic rings. The number of rotatable bonds is 5. The highest BCUT2D eigenvalue weighted by molar-refractivity contribution is 6.24. The number of nitrogens with zero attached hydrogens (tertiary/aromatic N) is 3. The van der Waals surface area contributed by atoms with Crippen molar-refractivity contribution in [3.8, 4) is 17.1 Å². The Morgan fingerprint density at radius 3 is 2.90 bits per heavy atom. The summed E-state index contributed by atoms with van der Waals surface area (Å²) < 4.78 is 19.2. The molecule has 1 aromatic carbocycles. The molecule has 29 heavy (non-hydrogen) atoms. The van der Waals surface area contributed by atoms with Crippen molar-refractivity contribution in [2.24, 2.45) is 15.7 Å². The minimum Gasteiger partial charge on any atom is -0.481 e. The van der Waals surface area contributed by atoms with Crippen LogP contribution in [0.2, 0.25) is 0 Å². The van der Waals surface area contributed by atoms with Crippen LogP contribution in [0.4, 0.5) is 4.39 Å². The summed E-state index contributed by atoms with van der Waals surface area (Å²) >= 11 is 0. The van der Waals surface area contributed by atoms with E-state index in [1.54, 1.807) is 31.2 Å². The molecule has 1 unspecified atom stereocenters. The molecule has 3 N–H and O–H groups in total. The van der Waals surface area contributed by atoms with Crippen LogP contribution >= 0.6 is 0 Å². The quantitative estimate of drug-likeness (QED) is 0.600. The van der Waals surface area contributed by atoms with Gasteiger partial charge < -0.3 is 15.8 Å². The molecule has 1 atom stereocenters. The van der Waals surface area contributed by atoms with E-state index >= 15 is 0 Å². The van der Waals surface area contributed by atoms with Crippen LogP contribution in [-0.4, -0.2) is 37.1 Å². The maximum absolute atomic E-state index is 14.1. The lowest BCUT2D eigenvalue weighted by Crippen LogP contribution is -2.40. The molecule has 0 bridgehead atoms. The van der Waals surface area contributed by atoms with Crippen molar-refractivity contribution >= 4 is 18.3 Å². The molecule has 1 aromatic heterocycles. The van der Waals surface area contributed by atoms with Gasteiger partial charge in [-0.2, -0.15) is 0 Å². The Kier molecular flexibility index (Phi) is 6.13. The van der Waals surface area contributed by atoms with Gasteiger partial charge in [0.2, 0.25) is 5.88 Å². The van der Waals surface area contributed by atoms with Gasteiger partial charge in [0.1, 0.15) is 5.82 Å².